The minimum atomic E-state index is -3.00. The highest BCUT2D eigenvalue weighted by molar-refractivity contribution is 7.90. The molecule has 3 fully saturated rings. The van der Waals surface area contributed by atoms with E-state index in [1.54, 1.807) is 17.0 Å². The number of nitrogens with zero attached hydrogens (tertiary/aromatic N) is 1. The lowest BCUT2D eigenvalue weighted by molar-refractivity contribution is -0.223. The number of ether oxygens (including phenoxy) is 1. The van der Waals surface area contributed by atoms with Crippen molar-refractivity contribution in [3.8, 4) is 0 Å². The van der Waals surface area contributed by atoms with Crippen LogP contribution in [0.25, 0.3) is 0 Å². The monoisotopic (exact) mass is 494 g/mol. The van der Waals surface area contributed by atoms with E-state index in [4.69, 9.17) is 4.74 Å². The van der Waals surface area contributed by atoms with Crippen molar-refractivity contribution in [2.75, 3.05) is 25.1 Å². The fourth-order valence-electron chi connectivity index (χ4n) is 5.50. The Hall–Kier alpha value is -2.16. The van der Waals surface area contributed by atoms with Crippen molar-refractivity contribution in [3.63, 3.8) is 0 Å². The molecule has 3 saturated carbocycles. The summed E-state index contributed by atoms with van der Waals surface area (Å²) < 4.78 is 42.2. The Balaban J connectivity index is 0.00000259. The highest BCUT2D eigenvalue weighted by atomic mass is 35.5. The first-order valence-electron chi connectivity index (χ1n) is 10.9. The Morgan fingerprint density at radius 3 is 2.48 bits per heavy atom. The molecule has 0 radical (unpaired) electrons. The number of hydrogen-bond acceptors (Lipinski definition) is 5. The van der Waals surface area contributed by atoms with Crippen LogP contribution in [0, 0.1) is 5.82 Å². The number of nitrogens with one attached hydrogen (secondary N) is 1. The fraction of sp³-hybridized carbons (Fsp3) is 0.458. The van der Waals surface area contributed by atoms with Crippen LogP contribution in [0.4, 0.5) is 9.18 Å². The maximum Gasteiger partial charge on any atom is 0.411 e. The molecule has 0 unspecified atom stereocenters. The van der Waals surface area contributed by atoms with E-state index in [0.29, 0.717) is 32.4 Å². The Morgan fingerprint density at radius 2 is 1.82 bits per heavy atom. The molecule has 2 aromatic carbocycles. The Morgan fingerprint density at radius 1 is 1.15 bits per heavy atom. The van der Waals surface area contributed by atoms with Crippen LogP contribution >= 0.6 is 12.4 Å². The molecule has 6 rings (SSSR count). The van der Waals surface area contributed by atoms with Crippen molar-refractivity contribution in [1.82, 2.24) is 10.2 Å². The number of fused-ring (bicyclic) bond motifs is 1. The molecule has 178 valence electrons. The van der Waals surface area contributed by atoms with E-state index in [2.05, 4.69) is 11.4 Å². The lowest BCUT2D eigenvalue weighted by Gasteiger charge is -2.69. The number of benzene rings is 2. The summed E-state index contributed by atoms with van der Waals surface area (Å²) in [5.41, 5.74) is 2.52. The van der Waals surface area contributed by atoms with Crippen molar-refractivity contribution in [1.29, 1.82) is 0 Å². The van der Waals surface area contributed by atoms with Gasteiger partial charge < -0.3 is 10.1 Å². The minimum Gasteiger partial charge on any atom is -0.443 e. The lowest BCUT2D eigenvalue weighted by atomic mass is 9.46. The van der Waals surface area contributed by atoms with Crippen LogP contribution in [0.5, 0.6) is 0 Å². The van der Waals surface area contributed by atoms with Gasteiger partial charge in [0.2, 0.25) is 0 Å². The van der Waals surface area contributed by atoms with Gasteiger partial charge in [-0.2, -0.15) is 0 Å². The van der Waals surface area contributed by atoms with Crippen molar-refractivity contribution in [2.24, 2.45) is 0 Å². The number of rotatable bonds is 6. The van der Waals surface area contributed by atoms with Gasteiger partial charge in [0.1, 0.15) is 21.3 Å². The summed E-state index contributed by atoms with van der Waals surface area (Å²) in [7, 11) is -3.00. The zero-order valence-electron chi connectivity index (χ0n) is 18.4. The highest BCUT2D eigenvalue weighted by Crippen LogP contribution is 2.62. The van der Waals surface area contributed by atoms with Crippen LogP contribution < -0.4 is 5.32 Å². The van der Waals surface area contributed by atoms with Gasteiger partial charge >= 0.3 is 6.09 Å². The van der Waals surface area contributed by atoms with E-state index in [0.717, 1.165) is 17.5 Å². The van der Waals surface area contributed by atoms with Gasteiger partial charge in [0.15, 0.2) is 0 Å². The van der Waals surface area contributed by atoms with Crippen molar-refractivity contribution in [2.45, 2.75) is 42.9 Å². The molecular weight excluding hydrogens is 467 g/mol. The molecule has 1 atom stereocenters. The fourth-order valence-corrected chi connectivity index (χ4v) is 5.98. The van der Waals surface area contributed by atoms with Crippen LogP contribution in [0.1, 0.15) is 42.0 Å². The van der Waals surface area contributed by atoms with Gasteiger partial charge in [-0.15, -0.1) is 12.4 Å². The SMILES string of the molecule is CS(=O)(=O)CCNC12CC(OC(=O)N3CCc4ccccc4[C@@H]3c3ccc(F)cc3)(C1)C2.Cl. The average molecular weight is 495 g/mol. The molecule has 1 heterocycles. The maximum atomic E-state index is 13.5. The Labute approximate surface area is 199 Å². The summed E-state index contributed by atoms with van der Waals surface area (Å²) in [5.74, 6) is -0.205. The second-order valence-electron chi connectivity index (χ2n) is 9.51. The van der Waals surface area contributed by atoms with Gasteiger partial charge in [-0.1, -0.05) is 36.4 Å². The van der Waals surface area contributed by atoms with Crippen molar-refractivity contribution >= 4 is 28.3 Å². The van der Waals surface area contributed by atoms with Gasteiger partial charge in [0.05, 0.1) is 11.8 Å². The Kier molecular flexibility index (Phi) is 6.22. The third kappa shape index (κ3) is 4.61. The van der Waals surface area contributed by atoms with E-state index in [1.807, 2.05) is 18.2 Å². The third-order valence-electron chi connectivity index (χ3n) is 6.96. The first-order chi connectivity index (χ1) is 15.2. The summed E-state index contributed by atoms with van der Waals surface area (Å²) in [4.78, 5) is 15.0. The molecule has 3 aliphatic carbocycles. The second-order valence-corrected chi connectivity index (χ2v) is 11.8. The van der Waals surface area contributed by atoms with Crippen molar-refractivity contribution < 1.29 is 22.3 Å². The molecule has 2 aromatic rings. The van der Waals surface area contributed by atoms with Gasteiger partial charge in [-0.3, -0.25) is 4.90 Å². The first kappa shape index (κ1) is 24.0. The summed E-state index contributed by atoms with van der Waals surface area (Å²) in [6.45, 7) is 0.949. The normalized spacial score (nSPS) is 27.5. The Bertz CT molecular complexity index is 1140. The number of amides is 1. The molecule has 4 aliphatic rings. The molecule has 9 heteroatoms. The quantitative estimate of drug-likeness (QED) is 0.663. The predicted molar refractivity (Wildman–Crippen MR) is 126 cm³/mol. The molecule has 2 bridgehead atoms. The average Bonchev–Trinajstić information content (AvgIpc) is 2.70. The smallest absolute Gasteiger partial charge is 0.411 e. The number of carbonyl (C=O) groups excluding carboxylic acids is 1. The molecule has 33 heavy (non-hydrogen) atoms. The summed E-state index contributed by atoms with van der Waals surface area (Å²) in [6, 6.07) is 14.0. The highest BCUT2D eigenvalue weighted by Gasteiger charge is 2.70. The zero-order valence-corrected chi connectivity index (χ0v) is 20.1. The van der Waals surface area contributed by atoms with E-state index in [9.17, 15) is 17.6 Å². The second kappa shape index (κ2) is 8.56. The molecule has 0 saturated heterocycles. The minimum absolute atomic E-state index is 0. The van der Waals surface area contributed by atoms with Gasteiger partial charge in [-0.25, -0.2) is 17.6 Å². The standard InChI is InChI=1S/C24H27FN2O4S.ClH/c1-32(29,30)13-11-26-23-14-24(15-23,16-23)31-22(28)27-12-10-17-4-2-3-5-20(17)21(27)18-6-8-19(25)9-7-18;/h2-9,21,26H,10-16H2,1H3;1H/t21-,23?,24?;/m0./s1. The maximum absolute atomic E-state index is 13.5. The number of carbonyl (C=O) groups is 1. The van der Waals surface area contributed by atoms with Gasteiger partial charge in [0, 0.05) is 44.1 Å². The lowest BCUT2D eigenvalue weighted by Crippen LogP contribution is -2.79. The number of sulfone groups is 1. The van der Waals surface area contributed by atoms with Crippen LogP contribution in [-0.2, 0) is 21.0 Å². The van der Waals surface area contributed by atoms with Crippen molar-refractivity contribution in [3.05, 3.63) is 71.0 Å². The number of halogens is 2. The van der Waals surface area contributed by atoms with E-state index in [1.165, 1.54) is 24.0 Å². The van der Waals surface area contributed by atoms with Crippen LogP contribution in [-0.4, -0.2) is 55.6 Å². The van der Waals surface area contributed by atoms with E-state index >= 15 is 0 Å². The third-order valence-corrected chi connectivity index (χ3v) is 7.91. The van der Waals surface area contributed by atoms with Crippen LogP contribution in [0.2, 0.25) is 0 Å². The molecule has 1 N–H and O–H groups in total. The topological polar surface area (TPSA) is 75.7 Å². The van der Waals surface area contributed by atoms with E-state index < -0.39 is 15.4 Å². The predicted octanol–water partition coefficient (Wildman–Crippen LogP) is 3.64. The molecule has 1 aliphatic heterocycles. The van der Waals surface area contributed by atoms with Crippen LogP contribution in [0.15, 0.2) is 48.5 Å². The summed E-state index contributed by atoms with van der Waals surface area (Å²) in [6.07, 6.45) is 3.75. The molecular formula is C24H28ClFN2O4S. The van der Waals surface area contributed by atoms with E-state index in [-0.39, 0.29) is 41.7 Å². The molecule has 0 aromatic heterocycles. The van der Waals surface area contributed by atoms with Gasteiger partial charge in [0.25, 0.3) is 0 Å². The van der Waals surface area contributed by atoms with Crippen LogP contribution in [0.3, 0.4) is 0 Å². The molecule has 6 nitrogen and oxygen atoms in total. The zero-order chi connectivity index (χ0) is 22.6. The molecule has 0 spiro atoms. The first-order valence-corrected chi connectivity index (χ1v) is 13.0. The van der Waals surface area contributed by atoms with Gasteiger partial charge in [-0.05, 0) is 35.2 Å². The molecule has 1 amide bonds. The summed E-state index contributed by atoms with van der Waals surface area (Å²) in [5, 5.41) is 3.33. The largest absolute Gasteiger partial charge is 0.443 e. The number of hydrogen-bond donors (Lipinski definition) is 1. The summed E-state index contributed by atoms with van der Waals surface area (Å²) >= 11 is 0.